The van der Waals surface area contributed by atoms with Gasteiger partial charge in [-0.25, -0.2) is 4.39 Å². The number of tetrazole rings is 1. The van der Waals surface area contributed by atoms with Crippen LogP contribution in [-0.2, 0) is 13.2 Å². The first-order valence-electron chi connectivity index (χ1n) is 11.1. The maximum Gasteiger partial charge on any atom is 0.214 e. The van der Waals surface area contributed by atoms with Gasteiger partial charge in [-0.15, -0.1) is 5.10 Å². The summed E-state index contributed by atoms with van der Waals surface area (Å²) in [6.45, 7) is 1.72. The SMILES string of the molecule is COc1ccc(Br)c(CNCCCSc2nnnn2-c2ccccc2)c1OCc1ccc(F)cc1. The highest BCUT2D eigenvalue weighted by Gasteiger charge is 2.15. The molecule has 1 aromatic heterocycles. The average Bonchev–Trinajstić information content (AvgIpc) is 3.36. The second kappa shape index (κ2) is 12.7. The number of nitrogens with one attached hydrogen (secondary N) is 1. The summed E-state index contributed by atoms with van der Waals surface area (Å²) in [7, 11) is 1.62. The van der Waals surface area contributed by atoms with E-state index in [9.17, 15) is 4.39 Å². The molecule has 0 bridgehead atoms. The van der Waals surface area contributed by atoms with Crippen molar-refractivity contribution in [2.24, 2.45) is 0 Å². The lowest BCUT2D eigenvalue weighted by Gasteiger charge is -2.17. The number of methoxy groups -OCH3 is 1. The fourth-order valence-corrected chi connectivity index (χ4v) is 4.66. The van der Waals surface area contributed by atoms with Crippen LogP contribution in [0.4, 0.5) is 4.39 Å². The van der Waals surface area contributed by atoms with Gasteiger partial charge in [0.2, 0.25) is 5.16 Å². The molecule has 10 heteroatoms. The van der Waals surface area contributed by atoms with E-state index in [1.807, 2.05) is 42.5 Å². The van der Waals surface area contributed by atoms with Crippen molar-refractivity contribution in [3.8, 4) is 17.2 Å². The van der Waals surface area contributed by atoms with Crippen molar-refractivity contribution >= 4 is 27.7 Å². The van der Waals surface area contributed by atoms with Crippen molar-refractivity contribution in [1.29, 1.82) is 0 Å². The van der Waals surface area contributed by atoms with E-state index in [0.29, 0.717) is 24.7 Å². The van der Waals surface area contributed by atoms with Crippen molar-refractivity contribution < 1.29 is 13.9 Å². The van der Waals surface area contributed by atoms with Gasteiger partial charge < -0.3 is 14.8 Å². The molecule has 0 aliphatic heterocycles. The Morgan fingerprint density at radius 1 is 1.06 bits per heavy atom. The minimum atomic E-state index is -0.270. The standard InChI is InChI=1S/C25H25BrFN5O2S/c1-33-23-13-12-22(26)21(24(23)34-17-18-8-10-19(27)11-9-18)16-28-14-5-15-35-25-29-30-31-32(25)20-6-3-2-4-7-20/h2-4,6-13,28H,5,14-17H2,1H3. The number of halogens is 2. The minimum absolute atomic E-state index is 0.270. The fourth-order valence-electron chi connectivity index (χ4n) is 3.38. The highest BCUT2D eigenvalue weighted by atomic mass is 79.9. The molecule has 0 saturated carbocycles. The Morgan fingerprint density at radius 2 is 1.86 bits per heavy atom. The number of rotatable bonds is 12. The zero-order valence-electron chi connectivity index (χ0n) is 19.2. The van der Waals surface area contributed by atoms with Crippen LogP contribution < -0.4 is 14.8 Å². The first-order valence-corrected chi connectivity index (χ1v) is 12.8. The molecule has 0 unspecified atom stereocenters. The van der Waals surface area contributed by atoms with Crippen molar-refractivity contribution in [2.45, 2.75) is 24.7 Å². The number of nitrogens with zero attached hydrogens (tertiary/aromatic N) is 4. The maximum atomic E-state index is 13.2. The molecule has 0 amide bonds. The van der Waals surface area contributed by atoms with E-state index in [2.05, 4.69) is 36.8 Å². The summed E-state index contributed by atoms with van der Waals surface area (Å²) >= 11 is 5.25. The van der Waals surface area contributed by atoms with Crippen LogP contribution in [0, 0.1) is 5.82 Å². The fraction of sp³-hybridized carbons (Fsp3) is 0.240. The summed E-state index contributed by atoms with van der Waals surface area (Å²) in [5.74, 6) is 1.91. The van der Waals surface area contributed by atoms with E-state index in [4.69, 9.17) is 9.47 Å². The van der Waals surface area contributed by atoms with Crippen molar-refractivity contribution in [1.82, 2.24) is 25.5 Å². The number of hydrogen-bond donors (Lipinski definition) is 1. The molecule has 4 rings (SSSR count). The number of ether oxygens (including phenoxy) is 2. The van der Waals surface area contributed by atoms with Gasteiger partial charge in [0, 0.05) is 22.3 Å². The van der Waals surface area contributed by atoms with Gasteiger partial charge in [-0.2, -0.15) is 4.68 Å². The van der Waals surface area contributed by atoms with Gasteiger partial charge in [0.15, 0.2) is 11.5 Å². The number of thioether (sulfide) groups is 1. The molecule has 0 fully saturated rings. The van der Waals surface area contributed by atoms with Gasteiger partial charge >= 0.3 is 0 Å². The third-order valence-corrected chi connectivity index (χ3v) is 6.90. The van der Waals surface area contributed by atoms with Crippen molar-refractivity contribution in [3.63, 3.8) is 0 Å². The quantitative estimate of drug-likeness (QED) is 0.184. The monoisotopic (exact) mass is 557 g/mol. The number of para-hydroxylation sites is 1. The molecule has 1 N–H and O–H groups in total. The Morgan fingerprint density at radius 3 is 2.63 bits per heavy atom. The summed E-state index contributed by atoms with van der Waals surface area (Å²) in [4.78, 5) is 0. The predicted molar refractivity (Wildman–Crippen MR) is 138 cm³/mol. The van der Waals surface area contributed by atoms with Gasteiger partial charge in [0.1, 0.15) is 12.4 Å². The van der Waals surface area contributed by atoms with E-state index < -0.39 is 0 Å². The van der Waals surface area contributed by atoms with Crippen LogP contribution in [0.3, 0.4) is 0 Å². The van der Waals surface area contributed by atoms with E-state index in [1.165, 1.54) is 12.1 Å². The third kappa shape index (κ3) is 6.81. The molecule has 7 nitrogen and oxygen atoms in total. The van der Waals surface area contributed by atoms with Crippen LogP contribution in [-0.4, -0.2) is 39.6 Å². The lowest BCUT2D eigenvalue weighted by molar-refractivity contribution is 0.280. The van der Waals surface area contributed by atoms with Gasteiger partial charge in [-0.1, -0.05) is 58.0 Å². The lowest BCUT2D eigenvalue weighted by atomic mass is 10.1. The predicted octanol–water partition coefficient (Wildman–Crippen LogP) is 5.42. The molecule has 182 valence electrons. The van der Waals surface area contributed by atoms with Crippen LogP contribution >= 0.6 is 27.7 Å². The normalized spacial score (nSPS) is 10.9. The van der Waals surface area contributed by atoms with Gasteiger partial charge in [0.05, 0.1) is 12.8 Å². The molecule has 3 aromatic carbocycles. The largest absolute Gasteiger partial charge is 0.493 e. The Balaban J connectivity index is 1.30. The summed E-state index contributed by atoms with van der Waals surface area (Å²) in [6.07, 6.45) is 0.930. The molecule has 0 saturated heterocycles. The van der Waals surface area contributed by atoms with Crippen molar-refractivity contribution in [3.05, 3.63) is 88.1 Å². The molecule has 1 heterocycles. The molecule has 0 aliphatic carbocycles. The first kappa shape index (κ1) is 25.2. The number of aromatic nitrogens is 4. The molecule has 0 aliphatic rings. The van der Waals surface area contributed by atoms with Crippen LogP contribution in [0.5, 0.6) is 11.5 Å². The number of benzene rings is 3. The minimum Gasteiger partial charge on any atom is -0.493 e. The molecule has 35 heavy (non-hydrogen) atoms. The van der Waals surface area contributed by atoms with Crippen LogP contribution in [0.25, 0.3) is 5.69 Å². The average molecular weight is 558 g/mol. The molecular weight excluding hydrogens is 533 g/mol. The second-order valence-corrected chi connectivity index (χ2v) is 9.48. The summed E-state index contributed by atoms with van der Waals surface area (Å²) in [6, 6.07) is 19.9. The highest BCUT2D eigenvalue weighted by molar-refractivity contribution is 9.10. The van der Waals surface area contributed by atoms with Gasteiger partial charge in [0.25, 0.3) is 0 Å². The molecule has 0 spiro atoms. The topological polar surface area (TPSA) is 74.1 Å². The summed E-state index contributed by atoms with van der Waals surface area (Å²) in [5.41, 5.74) is 2.78. The Hall–Kier alpha value is -2.95. The zero-order chi connectivity index (χ0) is 24.5. The first-order chi connectivity index (χ1) is 17.2. The lowest BCUT2D eigenvalue weighted by Crippen LogP contribution is -2.17. The van der Waals surface area contributed by atoms with Crippen molar-refractivity contribution in [2.75, 3.05) is 19.4 Å². The Kier molecular flexibility index (Phi) is 9.10. The highest BCUT2D eigenvalue weighted by Crippen LogP contribution is 2.36. The Labute approximate surface area is 216 Å². The van der Waals surface area contributed by atoms with E-state index in [0.717, 1.165) is 45.2 Å². The number of hydrogen-bond acceptors (Lipinski definition) is 7. The molecule has 4 aromatic rings. The van der Waals surface area contributed by atoms with E-state index >= 15 is 0 Å². The van der Waals surface area contributed by atoms with Crippen LogP contribution in [0.1, 0.15) is 17.5 Å². The van der Waals surface area contributed by atoms with Crippen LogP contribution in [0.15, 0.2) is 76.4 Å². The molecule has 0 atom stereocenters. The third-order valence-electron chi connectivity index (χ3n) is 5.16. The zero-order valence-corrected chi connectivity index (χ0v) is 21.6. The van der Waals surface area contributed by atoms with E-state index in [1.54, 1.807) is 35.7 Å². The molecular formula is C25H25BrFN5O2S. The second-order valence-electron chi connectivity index (χ2n) is 7.56. The Bertz CT molecular complexity index is 1220. The smallest absolute Gasteiger partial charge is 0.214 e. The summed E-state index contributed by atoms with van der Waals surface area (Å²) < 4.78 is 27.5. The van der Waals surface area contributed by atoms with Crippen LogP contribution in [0.2, 0.25) is 0 Å². The van der Waals surface area contributed by atoms with Gasteiger partial charge in [-0.3, -0.25) is 0 Å². The maximum absolute atomic E-state index is 13.2. The summed E-state index contributed by atoms with van der Waals surface area (Å²) in [5, 5.41) is 16.3. The molecule has 0 radical (unpaired) electrons. The van der Waals surface area contributed by atoms with E-state index in [-0.39, 0.29) is 5.82 Å². The van der Waals surface area contributed by atoms with Gasteiger partial charge in [-0.05, 0) is 65.4 Å².